The number of carbonyl (C=O) groups is 2. The largest absolute Gasteiger partial charge is 0.350 e. The van der Waals surface area contributed by atoms with Crippen molar-refractivity contribution in [3.05, 3.63) is 63.9 Å². The van der Waals surface area contributed by atoms with Crippen molar-refractivity contribution >= 4 is 40.7 Å². The van der Waals surface area contributed by atoms with Crippen LogP contribution in [0.3, 0.4) is 0 Å². The number of benzene rings is 2. The van der Waals surface area contributed by atoms with Gasteiger partial charge in [-0.05, 0) is 29.8 Å². The molecule has 0 aliphatic carbocycles. The lowest BCUT2D eigenvalue weighted by Crippen LogP contribution is -2.39. The van der Waals surface area contributed by atoms with Crippen LogP contribution in [0.1, 0.15) is 12.5 Å². The lowest BCUT2D eigenvalue weighted by molar-refractivity contribution is -0.123. The molecule has 0 spiro atoms. The molecule has 2 aromatic rings. The lowest BCUT2D eigenvalue weighted by atomic mass is 10.2. The van der Waals surface area contributed by atoms with E-state index in [1.807, 2.05) is 0 Å². The van der Waals surface area contributed by atoms with Crippen LogP contribution in [0.2, 0.25) is 10.0 Å². The normalized spacial score (nSPS) is 10.3. The van der Waals surface area contributed by atoms with E-state index in [-0.39, 0.29) is 35.7 Å². The number of halogens is 3. The average Bonchev–Trinajstić information content (AvgIpc) is 2.55. The molecular weight excluding hydrogens is 354 g/mol. The molecule has 126 valence electrons. The van der Waals surface area contributed by atoms with Gasteiger partial charge in [0.05, 0.1) is 15.7 Å². The maximum Gasteiger partial charge on any atom is 0.240 e. The van der Waals surface area contributed by atoms with E-state index >= 15 is 0 Å². The van der Waals surface area contributed by atoms with Gasteiger partial charge in [-0.2, -0.15) is 0 Å². The number of hydrogen-bond donors (Lipinski definition) is 1. The Bertz CT molecular complexity index is 751. The van der Waals surface area contributed by atoms with E-state index in [2.05, 4.69) is 5.32 Å². The van der Waals surface area contributed by atoms with Crippen molar-refractivity contribution in [1.29, 1.82) is 0 Å². The van der Waals surface area contributed by atoms with Crippen LogP contribution in [0.15, 0.2) is 42.5 Å². The van der Waals surface area contributed by atoms with E-state index in [1.165, 1.54) is 24.0 Å². The molecule has 0 unspecified atom stereocenters. The quantitative estimate of drug-likeness (QED) is 0.872. The summed E-state index contributed by atoms with van der Waals surface area (Å²) in [6.45, 7) is 1.37. The zero-order valence-electron chi connectivity index (χ0n) is 12.9. The van der Waals surface area contributed by atoms with Crippen molar-refractivity contribution in [1.82, 2.24) is 5.32 Å². The number of amides is 2. The molecule has 0 aromatic heterocycles. The molecule has 2 rings (SSSR count). The molecule has 0 aliphatic rings. The Morgan fingerprint density at radius 3 is 2.42 bits per heavy atom. The van der Waals surface area contributed by atoms with E-state index in [9.17, 15) is 14.0 Å². The lowest BCUT2D eigenvalue weighted by Gasteiger charge is -2.22. The summed E-state index contributed by atoms with van der Waals surface area (Å²) in [6.07, 6.45) is 0. The van der Waals surface area contributed by atoms with Gasteiger partial charge in [0.15, 0.2) is 0 Å². The van der Waals surface area contributed by atoms with Crippen LogP contribution in [-0.4, -0.2) is 18.4 Å². The minimum atomic E-state index is -0.370. The summed E-state index contributed by atoms with van der Waals surface area (Å²) in [7, 11) is 0. The predicted octanol–water partition coefficient (Wildman–Crippen LogP) is 3.80. The third kappa shape index (κ3) is 4.69. The number of carbonyl (C=O) groups excluding carboxylic acids is 2. The summed E-state index contributed by atoms with van der Waals surface area (Å²) in [4.78, 5) is 25.2. The molecule has 2 amide bonds. The van der Waals surface area contributed by atoms with E-state index < -0.39 is 0 Å². The molecule has 7 heteroatoms. The maximum atomic E-state index is 12.8. The first-order chi connectivity index (χ1) is 11.4. The maximum absolute atomic E-state index is 12.8. The molecule has 24 heavy (non-hydrogen) atoms. The van der Waals surface area contributed by atoms with Gasteiger partial charge in [0.25, 0.3) is 0 Å². The second-order valence-corrected chi connectivity index (χ2v) is 5.87. The van der Waals surface area contributed by atoms with Crippen LogP contribution in [0.25, 0.3) is 0 Å². The first-order valence-corrected chi connectivity index (χ1v) is 7.87. The zero-order chi connectivity index (χ0) is 17.7. The highest BCUT2D eigenvalue weighted by atomic mass is 35.5. The van der Waals surface area contributed by atoms with Crippen molar-refractivity contribution in [2.45, 2.75) is 13.5 Å². The summed E-state index contributed by atoms with van der Waals surface area (Å²) in [5.74, 6) is -1.05. The molecule has 0 fully saturated rings. The van der Waals surface area contributed by atoms with Crippen molar-refractivity contribution in [3.63, 3.8) is 0 Å². The molecule has 4 nitrogen and oxygen atoms in total. The van der Waals surface area contributed by atoms with Crippen LogP contribution in [0.5, 0.6) is 0 Å². The first kappa shape index (κ1) is 18.2. The summed E-state index contributed by atoms with van der Waals surface area (Å²) in [6, 6.07) is 10.6. The fourth-order valence-corrected chi connectivity index (χ4v) is 2.47. The second kappa shape index (κ2) is 8.13. The summed E-state index contributed by atoms with van der Waals surface area (Å²) in [5.41, 5.74) is 1.12. The van der Waals surface area contributed by atoms with Gasteiger partial charge in [0.2, 0.25) is 11.8 Å². The average molecular weight is 369 g/mol. The van der Waals surface area contributed by atoms with Crippen LogP contribution in [0.4, 0.5) is 10.1 Å². The fraction of sp³-hybridized carbons (Fsp3) is 0.176. The highest BCUT2D eigenvalue weighted by Crippen LogP contribution is 2.32. The van der Waals surface area contributed by atoms with Gasteiger partial charge in [-0.1, -0.05) is 41.4 Å². The fourth-order valence-electron chi connectivity index (χ4n) is 2.07. The van der Waals surface area contributed by atoms with Gasteiger partial charge in [0.1, 0.15) is 12.4 Å². The predicted molar refractivity (Wildman–Crippen MR) is 92.7 cm³/mol. The number of hydrogen-bond acceptors (Lipinski definition) is 2. The molecule has 2 aromatic carbocycles. The minimum absolute atomic E-state index is 0.198. The highest BCUT2D eigenvalue weighted by molar-refractivity contribution is 6.44. The van der Waals surface area contributed by atoms with Crippen molar-refractivity contribution < 1.29 is 14.0 Å². The van der Waals surface area contributed by atoms with Gasteiger partial charge in [-0.3, -0.25) is 9.59 Å². The number of nitrogens with zero attached hydrogens (tertiary/aromatic N) is 1. The smallest absolute Gasteiger partial charge is 0.240 e. The molecule has 1 N–H and O–H groups in total. The van der Waals surface area contributed by atoms with Crippen molar-refractivity contribution in [2.24, 2.45) is 0 Å². The topological polar surface area (TPSA) is 49.4 Å². The Balaban J connectivity index is 2.05. The van der Waals surface area contributed by atoms with E-state index in [4.69, 9.17) is 23.2 Å². The minimum Gasteiger partial charge on any atom is -0.350 e. The van der Waals surface area contributed by atoms with Crippen LogP contribution >= 0.6 is 23.2 Å². The van der Waals surface area contributed by atoms with E-state index in [0.717, 1.165) is 5.56 Å². The van der Waals surface area contributed by atoms with Crippen LogP contribution in [-0.2, 0) is 16.1 Å². The van der Waals surface area contributed by atoms with Crippen LogP contribution in [0, 0.1) is 5.82 Å². The SMILES string of the molecule is CC(=O)N(CC(=O)NCc1ccc(F)cc1)c1cccc(Cl)c1Cl. The molecular formula is C17H15Cl2FN2O2. The Morgan fingerprint density at radius 1 is 1.12 bits per heavy atom. The van der Waals surface area contributed by atoms with Gasteiger partial charge in [0, 0.05) is 13.5 Å². The second-order valence-electron chi connectivity index (χ2n) is 5.08. The first-order valence-electron chi connectivity index (χ1n) is 7.11. The van der Waals surface area contributed by atoms with Crippen molar-refractivity contribution in [2.75, 3.05) is 11.4 Å². The number of nitrogens with one attached hydrogen (secondary N) is 1. The standard InChI is InChI=1S/C17H15Cl2FN2O2/c1-11(23)22(15-4-2-3-14(18)17(15)19)10-16(24)21-9-12-5-7-13(20)8-6-12/h2-8H,9-10H2,1H3,(H,21,24). The summed E-state index contributed by atoms with van der Waals surface area (Å²) < 4.78 is 12.8. The van der Waals surface area contributed by atoms with Gasteiger partial charge in [-0.25, -0.2) is 4.39 Å². The van der Waals surface area contributed by atoms with E-state index in [1.54, 1.807) is 30.3 Å². The van der Waals surface area contributed by atoms with Crippen molar-refractivity contribution in [3.8, 4) is 0 Å². The third-order valence-corrected chi connectivity index (χ3v) is 4.12. The van der Waals surface area contributed by atoms with E-state index in [0.29, 0.717) is 10.7 Å². The van der Waals surface area contributed by atoms with Gasteiger partial charge >= 0.3 is 0 Å². The molecule has 0 bridgehead atoms. The van der Waals surface area contributed by atoms with Gasteiger partial charge in [-0.15, -0.1) is 0 Å². The molecule has 0 saturated carbocycles. The summed E-state index contributed by atoms with van der Waals surface area (Å²) in [5, 5.41) is 3.18. The molecule has 0 heterocycles. The Morgan fingerprint density at radius 2 is 1.79 bits per heavy atom. The molecule has 0 radical (unpaired) electrons. The van der Waals surface area contributed by atoms with Crippen LogP contribution < -0.4 is 10.2 Å². The molecule has 0 atom stereocenters. The number of anilines is 1. The molecule has 0 saturated heterocycles. The highest BCUT2D eigenvalue weighted by Gasteiger charge is 2.19. The Hall–Kier alpha value is -2.11. The molecule has 0 aliphatic heterocycles. The third-order valence-electron chi connectivity index (χ3n) is 3.31. The number of rotatable bonds is 5. The Labute approximate surface area is 149 Å². The zero-order valence-corrected chi connectivity index (χ0v) is 14.4. The Kier molecular flexibility index (Phi) is 6.17. The monoisotopic (exact) mass is 368 g/mol. The van der Waals surface area contributed by atoms with Gasteiger partial charge < -0.3 is 10.2 Å². The summed E-state index contributed by atoms with van der Waals surface area (Å²) >= 11 is 12.1.